The summed E-state index contributed by atoms with van der Waals surface area (Å²) in [7, 11) is 1.55. The third-order valence-corrected chi connectivity index (χ3v) is 4.39. The van der Waals surface area contributed by atoms with Crippen LogP contribution in [0.2, 0.25) is 0 Å². The summed E-state index contributed by atoms with van der Waals surface area (Å²) in [4.78, 5) is 35.6. The van der Waals surface area contributed by atoms with Gasteiger partial charge < -0.3 is 20.5 Å². The summed E-state index contributed by atoms with van der Waals surface area (Å²) >= 11 is 0. The predicted molar refractivity (Wildman–Crippen MR) is 95.7 cm³/mol. The first kappa shape index (κ1) is 23.4. The van der Waals surface area contributed by atoms with E-state index < -0.39 is 35.9 Å². The summed E-state index contributed by atoms with van der Waals surface area (Å²) < 4.78 is 5.43. The van der Waals surface area contributed by atoms with Crippen LogP contribution in [-0.2, 0) is 19.1 Å². The fourth-order valence-corrected chi connectivity index (χ4v) is 2.33. The molecule has 0 aliphatic heterocycles. The van der Waals surface area contributed by atoms with Crippen molar-refractivity contribution in [1.29, 1.82) is 0 Å². The Labute approximate surface area is 150 Å². The van der Waals surface area contributed by atoms with Crippen LogP contribution in [0.5, 0.6) is 0 Å². The highest BCUT2D eigenvalue weighted by molar-refractivity contribution is 5.84. The summed E-state index contributed by atoms with van der Waals surface area (Å²) in [6.07, 6.45) is 3.39. The van der Waals surface area contributed by atoms with E-state index in [9.17, 15) is 19.5 Å². The van der Waals surface area contributed by atoms with E-state index in [1.165, 1.54) is 6.92 Å². The molecule has 146 valence electrons. The number of carbonyl (C=O) groups is 3. The van der Waals surface area contributed by atoms with Gasteiger partial charge >= 0.3 is 5.97 Å². The number of hydrogen-bond acceptors (Lipinski definition) is 5. The molecule has 4 atom stereocenters. The quantitative estimate of drug-likeness (QED) is 0.361. The highest BCUT2D eigenvalue weighted by atomic mass is 16.5. The average molecular weight is 358 g/mol. The number of unbranched alkanes of at least 4 members (excludes halogenated alkanes) is 3. The number of aliphatic hydroxyl groups is 1. The van der Waals surface area contributed by atoms with Crippen LogP contribution in [0, 0.1) is 11.8 Å². The largest absolute Gasteiger partial charge is 0.460 e. The maximum atomic E-state index is 12.0. The van der Waals surface area contributed by atoms with Crippen molar-refractivity contribution in [3.63, 3.8) is 0 Å². The molecule has 0 bridgehead atoms. The molecule has 0 aromatic rings. The molecule has 0 saturated carbocycles. The first-order valence-corrected chi connectivity index (χ1v) is 9.11. The molecule has 7 heteroatoms. The van der Waals surface area contributed by atoms with Crippen molar-refractivity contribution in [2.75, 3.05) is 13.6 Å². The van der Waals surface area contributed by atoms with Gasteiger partial charge in [0.1, 0.15) is 12.6 Å². The average Bonchev–Trinajstić information content (AvgIpc) is 2.59. The van der Waals surface area contributed by atoms with Crippen LogP contribution in [0.3, 0.4) is 0 Å². The number of hydrogen-bond donors (Lipinski definition) is 3. The van der Waals surface area contributed by atoms with Crippen LogP contribution < -0.4 is 10.6 Å². The standard InChI is InChI=1S/C18H34N2O5/c1-6-7-8-9-10-15(13(3)17(23)19-5)25-16(22)11-20-18(24)12(2)14(4)21/h12-15,21H,6-11H2,1-5H3,(H,19,23)(H,20,24)/t12-,13+,14-,15+/m0/s1. The van der Waals surface area contributed by atoms with Crippen molar-refractivity contribution < 1.29 is 24.2 Å². The Morgan fingerprint density at radius 3 is 2.16 bits per heavy atom. The van der Waals surface area contributed by atoms with Crippen molar-refractivity contribution in [2.45, 2.75) is 72.0 Å². The first-order chi connectivity index (χ1) is 11.7. The van der Waals surface area contributed by atoms with Gasteiger partial charge in [-0.25, -0.2) is 0 Å². The summed E-state index contributed by atoms with van der Waals surface area (Å²) in [5.74, 6) is -2.24. The van der Waals surface area contributed by atoms with Crippen molar-refractivity contribution in [1.82, 2.24) is 10.6 Å². The number of rotatable bonds is 12. The molecule has 0 spiro atoms. The summed E-state index contributed by atoms with van der Waals surface area (Å²) in [6, 6.07) is 0. The number of nitrogens with one attached hydrogen (secondary N) is 2. The Balaban J connectivity index is 4.57. The molecule has 25 heavy (non-hydrogen) atoms. The number of amides is 2. The van der Waals surface area contributed by atoms with Gasteiger partial charge in [0.2, 0.25) is 11.8 Å². The second-order valence-corrected chi connectivity index (χ2v) is 6.53. The SMILES string of the molecule is CCCCCC[C@@H](OC(=O)CNC(=O)[C@@H](C)[C@H](C)O)[C@@H](C)C(=O)NC. The zero-order valence-electron chi connectivity index (χ0n) is 16.1. The molecule has 0 aliphatic carbocycles. The van der Waals surface area contributed by atoms with Gasteiger partial charge in [-0.3, -0.25) is 14.4 Å². The molecule has 2 amide bonds. The maximum Gasteiger partial charge on any atom is 0.325 e. The molecule has 0 fully saturated rings. The van der Waals surface area contributed by atoms with Crippen LogP contribution in [-0.4, -0.2) is 48.7 Å². The van der Waals surface area contributed by atoms with Gasteiger partial charge in [-0.2, -0.15) is 0 Å². The third kappa shape index (κ3) is 9.43. The summed E-state index contributed by atoms with van der Waals surface area (Å²) in [5.41, 5.74) is 0. The zero-order valence-corrected chi connectivity index (χ0v) is 16.1. The molecule has 0 unspecified atom stereocenters. The van der Waals surface area contributed by atoms with Gasteiger partial charge in [0.05, 0.1) is 17.9 Å². The lowest BCUT2D eigenvalue weighted by Crippen LogP contribution is -2.41. The van der Waals surface area contributed by atoms with Crippen LogP contribution in [0.25, 0.3) is 0 Å². The van der Waals surface area contributed by atoms with Gasteiger partial charge in [-0.1, -0.05) is 40.0 Å². The Hall–Kier alpha value is -1.63. The highest BCUT2D eigenvalue weighted by Gasteiger charge is 2.27. The Kier molecular flexibility index (Phi) is 11.9. The van der Waals surface area contributed by atoms with Crippen molar-refractivity contribution in [3.8, 4) is 0 Å². The van der Waals surface area contributed by atoms with Crippen LogP contribution >= 0.6 is 0 Å². The lowest BCUT2D eigenvalue weighted by atomic mass is 9.97. The Morgan fingerprint density at radius 1 is 1.00 bits per heavy atom. The topological polar surface area (TPSA) is 105 Å². The van der Waals surface area contributed by atoms with Gasteiger partial charge in [-0.05, 0) is 19.8 Å². The van der Waals surface area contributed by atoms with E-state index >= 15 is 0 Å². The minimum Gasteiger partial charge on any atom is -0.460 e. The molecule has 0 aromatic heterocycles. The summed E-state index contributed by atoms with van der Waals surface area (Å²) in [6.45, 7) is 6.66. The minimum absolute atomic E-state index is 0.181. The van der Waals surface area contributed by atoms with E-state index in [0.717, 1.165) is 25.7 Å². The second-order valence-electron chi connectivity index (χ2n) is 6.53. The fraction of sp³-hybridized carbons (Fsp3) is 0.833. The normalized spacial score (nSPS) is 15.6. The van der Waals surface area contributed by atoms with E-state index in [1.54, 1.807) is 20.9 Å². The zero-order chi connectivity index (χ0) is 19.4. The smallest absolute Gasteiger partial charge is 0.325 e. The number of carbonyl (C=O) groups excluding carboxylic acids is 3. The molecule has 0 rings (SSSR count). The molecule has 0 saturated heterocycles. The van der Waals surface area contributed by atoms with Crippen LogP contribution in [0.4, 0.5) is 0 Å². The van der Waals surface area contributed by atoms with Crippen molar-refractivity contribution in [2.24, 2.45) is 11.8 Å². The maximum absolute atomic E-state index is 12.0. The molecular weight excluding hydrogens is 324 g/mol. The van der Waals surface area contributed by atoms with Crippen LogP contribution in [0.1, 0.15) is 59.8 Å². The fourth-order valence-electron chi connectivity index (χ4n) is 2.33. The van der Waals surface area contributed by atoms with E-state index in [-0.39, 0.29) is 12.5 Å². The molecule has 0 aromatic carbocycles. The molecule has 0 heterocycles. The van der Waals surface area contributed by atoms with Crippen molar-refractivity contribution >= 4 is 17.8 Å². The molecule has 0 aliphatic rings. The molecule has 7 nitrogen and oxygen atoms in total. The Bertz CT molecular complexity index is 426. The van der Waals surface area contributed by atoms with Gasteiger partial charge in [0.25, 0.3) is 0 Å². The minimum atomic E-state index is -0.796. The third-order valence-electron chi connectivity index (χ3n) is 4.39. The van der Waals surface area contributed by atoms with E-state index in [4.69, 9.17) is 4.74 Å². The highest BCUT2D eigenvalue weighted by Crippen LogP contribution is 2.17. The number of ether oxygens (including phenoxy) is 1. The molecule has 0 radical (unpaired) electrons. The molecular formula is C18H34N2O5. The van der Waals surface area contributed by atoms with E-state index in [2.05, 4.69) is 17.6 Å². The van der Waals surface area contributed by atoms with E-state index in [1.807, 2.05) is 0 Å². The molecule has 3 N–H and O–H groups in total. The summed E-state index contributed by atoms with van der Waals surface area (Å²) in [5, 5.41) is 14.4. The lowest BCUT2D eigenvalue weighted by molar-refractivity contribution is -0.154. The van der Waals surface area contributed by atoms with Gasteiger partial charge in [-0.15, -0.1) is 0 Å². The van der Waals surface area contributed by atoms with Gasteiger partial charge in [0, 0.05) is 7.05 Å². The first-order valence-electron chi connectivity index (χ1n) is 9.11. The number of esters is 1. The monoisotopic (exact) mass is 358 g/mol. The van der Waals surface area contributed by atoms with E-state index in [0.29, 0.717) is 6.42 Å². The Morgan fingerprint density at radius 2 is 1.64 bits per heavy atom. The van der Waals surface area contributed by atoms with Crippen molar-refractivity contribution in [3.05, 3.63) is 0 Å². The lowest BCUT2D eigenvalue weighted by Gasteiger charge is -2.23. The van der Waals surface area contributed by atoms with Gasteiger partial charge in [0.15, 0.2) is 0 Å². The van der Waals surface area contributed by atoms with Crippen LogP contribution in [0.15, 0.2) is 0 Å². The second kappa shape index (κ2) is 12.7. The number of aliphatic hydroxyl groups excluding tert-OH is 1. The predicted octanol–water partition coefficient (Wildman–Crippen LogP) is 1.38.